The van der Waals surface area contributed by atoms with Gasteiger partial charge in [-0.15, -0.1) is 0 Å². The fourth-order valence-corrected chi connectivity index (χ4v) is 4.76. The van der Waals surface area contributed by atoms with Gasteiger partial charge in [0.1, 0.15) is 4.32 Å². The van der Waals surface area contributed by atoms with Gasteiger partial charge in [0.15, 0.2) is 17.6 Å². The summed E-state index contributed by atoms with van der Waals surface area (Å²) in [5.41, 5.74) is 0.742. The highest BCUT2D eigenvalue weighted by molar-refractivity contribution is 8.26. The molecule has 0 aliphatic carbocycles. The maximum Gasteiger partial charge on any atom is 0.344 e. The monoisotopic (exact) mass is 480 g/mol. The number of methoxy groups -OCH3 is 1. The van der Waals surface area contributed by atoms with Crippen molar-refractivity contribution in [2.24, 2.45) is 0 Å². The molecule has 2 heterocycles. The average molecular weight is 481 g/mol. The first-order valence-electron chi connectivity index (χ1n) is 10.6. The minimum atomic E-state index is -1.03. The number of carboxylic acids is 1. The van der Waals surface area contributed by atoms with Gasteiger partial charge in [0.05, 0.1) is 25.2 Å². The molecule has 2 saturated heterocycles. The molecule has 1 unspecified atom stereocenters. The zero-order chi connectivity index (χ0) is 23.1. The van der Waals surface area contributed by atoms with Crippen LogP contribution in [0.2, 0.25) is 0 Å². The fourth-order valence-electron chi connectivity index (χ4n) is 3.45. The predicted molar refractivity (Wildman–Crippen MR) is 127 cm³/mol. The lowest BCUT2D eigenvalue weighted by molar-refractivity contribution is -0.145. The maximum absolute atomic E-state index is 12.9. The normalized spacial score (nSPS) is 19.4. The first kappa shape index (κ1) is 24.5. The largest absolute Gasteiger partial charge is 0.493 e. The van der Waals surface area contributed by atoms with Crippen molar-refractivity contribution in [2.75, 3.05) is 46.5 Å². The molecule has 0 radical (unpaired) electrons. The lowest BCUT2D eigenvalue weighted by Gasteiger charge is -2.27. The van der Waals surface area contributed by atoms with Crippen LogP contribution in [0.3, 0.4) is 0 Å². The van der Waals surface area contributed by atoms with Gasteiger partial charge in [0, 0.05) is 26.2 Å². The Morgan fingerprint density at radius 3 is 2.72 bits per heavy atom. The Labute approximate surface area is 197 Å². The summed E-state index contributed by atoms with van der Waals surface area (Å²) in [6, 6.07) is 5.13. The number of carbonyl (C=O) groups excluding carboxylic acids is 1. The van der Waals surface area contributed by atoms with Gasteiger partial charge in [0.2, 0.25) is 0 Å². The molecular formula is C22H28N2O6S2. The molecule has 8 nitrogen and oxygen atoms in total. The molecule has 1 aromatic carbocycles. The van der Waals surface area contributed by atoms with Crippen molar-refractivity contribution in [3.8, 4) is 11.5 Å². The van der Waals surface area contributed by atoms with E-state index < -0.39 is 12.1 Å². The third-order valence-electron chi connectivity index (χ3n) is 5.23. The van der Waals surface area contributed by atoms with Crippen LogP contribution >= 0.6 is 24.0 Å². The molecule has 10 heteroatoms. The second-order valence-electron chi connectivity index (χ2n) is 7.40. The van der Waals surface area contributed by atoms with Crippen LogP contribution in [0.15, 0.2) is 23.1 Å². The van der Waals surface area contributed by atoms with Crippen molar-refractivity contribution in [2.45, 2.75) is 25.9 Å². The molecule has 174 valence electrons. The van der Waals surface area contributed by atoms with Gasteiger partial charge in [-0.3, -0.25) is 14.6 Å². The van der Waals surface area contributed by atoms with Gasteiger partial charge < -0.3 is 19.3 Å². The molecule has 1 amide bonds. The fraction of sp³-hybridized carbons (Fsp3) is 0.500. The Hall–Kier alpha value is -2.14. The standard InChI is InChI=1S/C22H28N2O6S2/c1-3-16(21(26)27)30-17-6-5-15(13-18(17)28-2)14-19-20(25)24(22(31)32-19)8-4-7-23-9-11-29-12-10-23/h5-6,13-14,16H,3-4,7-12H2,1-2H3,(H,26,27)/b19-14+. The molecule has 1 atom stereocenters. The predicted octanol–water partition coefficient (Wildman–Crippen LogP) is 2.86. The van der Waals surface area contributed by atoms with Crippen molar-refractivity contribution in [3.63, 3.8) is 0 Å². The molecule has 1 N–H and O–H groups in total. The molecule has 0 spiro atoms. The average Bonchev–Trinajstić information content (AvgIpc) is 3.05. The van der Waals surface area contributed by atoms with Gasteiger partial charge in [-0.2, -0.15) is 0 Å². The second-order valence-corrected chi connectivity index (χ2v) is 9.08. The zero-order valence-corrected chi connectivity index (χ0v) is 19.9. The minimum absolute atomic E-state index is 0.0989. The number of benzene rings is 1. The first-order chi connectivity index (χ1) is 15.4. The van der Waals surface area contributed by atoms with E-state index in [9.17, 15) is 14.7 Å². The van der Waals surface area contributed by atoms with Gasteiger partial charge in [-0.1, -0.05) is 37.0 Å². The van der Waals surface area contributed by atoms with E-state index in [4.69, 9.17) is 26.4 Å². The van der Waals surface area contributed by atoms with Crippen molar-refractivity contribution in [1.29, 1.82) is 0 Å². The smallest absolute Gasteiger partial charge is 0.344 e. The van der Waals surface area contributed by atoms with E-state index in [1.165, 1.54) is 18.9 Å². The number of aliphatic carboxylic acids is 1. The SMILES string of the molecule is CCC(Oc1ccc(/C=C2/SC(=S)N(CCCN3CCOCC3)C2=O)cc1OC)C(=O)O. The van der Waals surface area contributed by atoms with Crippen molar-refractivity contribution in [1.82, 2.24) is 9.80 Å². The van der Waals surface area contributed by atoms with Gasteiger partial charge in [-0.05, 0) is 36.6 Å². The van der Waals surface area contributed by atoms with E-state index in [1.54, 1.807) is 36.1 Å². The highest BCUT2D eigenvalue weighted by atomic mass is 32.2. The minimum Gasteiger partial charge on any atom is -0.493 e. The van der Waals surface area contributed by atoms with Crippen LogP contribution in [0, 0.1) is 0 Å². The zero-order valence-electron chi connectivity index (χ0n) is 18.2. The quantitative estimate of drug-likeness (QED) is 0.401. The lowest BCUT2D eigenvalue weighted by Crippen LogP contribution is -2.38. The van der Waals surface area contributed by atoms with E-state index in [0.717, 1.165) is 44.8 Å². The third-order valence-corrected chi connectivity index (χ3v) is 6.61. The van der Waals surface area contributed by atoms with Crippen molar-refractivity contribution >= 4 is 46.3 Å². The number of amides is 1. The van der Waals surface area contributed by atoms with Crippen LogP contribution in [0.1, 0.15) is 25.3 Å². The van der Waals surface area contributed by atoms with Crippen molar-refractivity contribution in [3.05, 3.63) is 28.7 Å². The summed E-state index contributed by atoms with van der Waals surface area (Å²) in [4.78, 5) is 28.7. The van der Waals surface area contributed by atoms with Gasteiger partial charge >= 0.3 is 5.97 Å². The van der Waals surface area contributed by atoms with Crippen LogP contribution in [0.25, 0.3) is 6.08 Å². The number of carboxylic acid groups (broad SMARTS) is 1. The molecule has 1 aromatic rings. The van der Waals surface area contributed by atoms with Gasteiger partial charge in [0.25, 0.3) is 5.91 Å². The summed E-state index contributed by atoms with van der Waals surface area (Å²) >= 11 is 6.71. The molecule has 3 rings (SSSR count). The molecule has 0 aromatic heterocycles. The maximum atomic E-state index is 12.9. The topological polar surface area (TPSA) is 88.5 Å². The highest BCUT2D eigenvalue weighted by Crippen LogP contribution is 2.35. The number of nitrogens with zero attached hydrogens (tertiary/aromatic N) is 2. The number of hydrogen-bond donors (Lipinski definition) is 1. The van der Waals surface area contributed by atoms with Crippen LogP contribution < -0.4 is 9.47 Å². The lowest BCUT2D eigenvalue weighted by atomic mass is 10.1. The molecule has 32 heavy (non-hydrogen) atoms. The second kappa shape index (κ2) is 11.6. The molecular weight excluding hydrogens is 452 g/mol. The number of thiocarbonyl (C=S) groups is 1. The molecule has 0 bridgehead atoms. The Bertz CT molecular complexity index is 885. The Balaban J connectivity index is 1.64. The number of thioether (sulfide) groups is 1. The molecule has 2 aliphatic rings. The first-order valence-corrected chi connectivity index (χ1v) is 11.8. The van der Waals surface area contributed by atoms with E-state index in [0.29, 0.717) is 33.7 Å². The number of rotatable bonds is 10. The van der Waals surface area contributed by atoms with E-state index in [1.807, 2.05) is 0 Å². The van der Waals surface area contributed by atoms with Crippen LogP contribution in [-0.2, 0) is 14.3 Å². The Morgan fingerprint density at radius 1 is 1.31 bits per heavy atom. The summed E-state index contributed by atoms with van der Waals surface area (Å²) in [6.45, 7) is 6.59. The Kier molecular flexibility index (Phi) is 8.92. The van der Waals surface area contributed by atoms with Crippen LogP contribution in [0.4, 0.5) is 0 Å². The number of ether oxygens (including phenoxy) is 3. The summed E-state index contributed by atoms with van der Waals surface area (Å²) in [7, 11) is 1.49. The number of hydrogen-bond acceptors (Lipinski definition) is 8. The Morgan fingerprint density at radius 2 is 2.06 bits per heavy atom. The third kappa shape index (κ3) is 6.22. The van der Waals surface area contributed by atoms with E-state index >= 15 is 0 Å². The number of carbonyl (C=O) groups is 2. The summed E-state index contributed by atoms with van der Waals surface area (Å²) in [5, 5.41) is 9.22. The summed E-state index contributed by atoms with van der Waals surface area (Å²) < 4.78 is 16.9. The molecule has 2 fully saturated rings. The van der Waals surface area contributed by atoms with Crippen LogP contribution in [-0.4, -0.2) is 83.7 Å². The van der Waals surface area contributed by atoms with E-state index in [2.05, 4.69) is 4.90 Å². The highest BCUT2D eigenvalue weighted by Gasteiger charge is 2.31. The number of morpholine rings is 1. The van der Waals surface area contributed by atoms with Crippen LogP contribution in [0.5, 0.6) is 11.5 Å². The summed E-state index contributed by atoms with van der Waals surface area (Å²) in [5.74, 6) is -0.386. The van der Waals surface area contributed by atoms with E-state index in [-0.39, 0.29) is 5.91 Å². The molecule has 2 aliphatic heterocycles. The summed E-state index contributed by atoms with van der Waals surface area (Å²) in [6.07, 6.45) is 1.99. The van der Waals surface area contributed by atoms with Gasteiger partial charge in [-0.25, -0.2) is 4.79 Å². The van der Waals surface area contributed by atoms with Crippen molar-refractivity contribution < 1.29 is 28.9 Å². The molecule has 0 saturated carbocycles.